The van der Waals surface area contributed by atoms with Gasteiger partial charge in [-0.05, 0) is 13.0 Å². The summed E-state index contributed by atoms with van der Waals surface area (Å²) in [6.45, 7) is 1.85. The number of hydrogen-bond acceptors (Lipinski definition) is 5. The van der Waals surface area contributed by atoms with Crippen LogP contribution in [0, 0.1) is 6.92 Å². The lowest BCUT2D eigenvalue weighted by molar-refractivity contribution is 0.401. The Kier molecular flexibility index (Phi) is 3.34. The first-order chi connectivity index (χ1) is 8.58. The zero-order valence-corrected chi connectivity index (χ0v) is 11.0. The van der Waals surface area contributed by atoms with Crippen LogP contribution in [0.25, 0.3) is 11.3 Å². The average Bonchev–Trinajstić information content (AvgIpc) is 2.79. The Balaban J connectivity index is 2.69. The molecule has 0 fully saturated rings. The van der Waals surface area contributed by atoms with Crippen LogP contribution in [0.1, 0.15) is 5.56 Å². The molecule has 18 heavy (non-hydrogen) atoms. The van der Waals surface area contributed by atoms with E-state index in [2.05, 4.69) is 5.16 Å². The average molecular weight is 269 g/mol. The van der Waals surface area contributed by atoms with Gasteiger partial charge in [0.15, 0.2) is 0 Å². The molecule has 0 amide bonds. The highest BCUT2D eigenvalue weighted by Crippen LogP contribution is 2.42. The van der Waals surface area contributed by atoms with Crippen LogP contribution in [0.2, 0.25) is 5.02 Å². The van der Waals surface area contributed by atoms with Gasteiger partial charge in [0.05, 0.1) is 24.8 Å². The van der Waals surface area contributed by atoms with Gasteiger partial charge >= 0.3 is 0 Å². The molecule has 0 aliphatic carbocycles. The van der Waals surface area contributed by atoms with Crippen molar-refractivity contribution in [2.45, 2.75) is 6.92 Å². The summed E-state index contributed by atoms with van der Waals surface area (Å²) in [6.07, 6.45) is 0. The molecule has 0 spiro atoms. The van der Waals surface area contributed by atoms with E-state index in [4.69, 9.17) is 31.3 Å². The highest BCUT2D eigenvalue weighted by molar-refractivity contribution is 6.33. The summed E-state index contributed by atoms with van der Waals surface area (Å²) >= 11 is 6.24. The molecule has 0 saturated carbocycles. The molecule has 5 nitrogen and oxygen atoms in total. The summed E-state index contributed by atoms with van der Waals surface area (Å²) in [4.78, 5) is 0. The maximum Gasteiger partial charge on any atom is 0.222 e. The van der Waals surface area contributed by atoms with Gasteiger partial charge in [0, 0.05) is 11.6 Å². The Morgan fingerprint density at radius 3 is 2.50 bits per heavy atom. The number of rotatable bonds is 3. The van der Waals surface area contributed by atoms with Crippen molar-refractivity contribution in [2.24, 2.45) is 0 Å². The van der Waals surface area contributed by atoms with Crippen molar-refractivity contribution >= 4 is 17.5 Å². The molecule has 6 heteroatoms. The van der Waals surface area contributed by atoms with Gasteiger partial charge in [-0.15, -0.1) is 0 Å². The Labute approximate surface area is 109 Å². The highest BCUT2D eigenvalue weighted by Gasteiger charge is 2.19. The molecule has 2 rings (SSSR count). The second-order valence-electron chi connectivity index (χ2n) is 3.71. The number of nitrogens with zero attached hydrogens (tertiary/aromatic N) is 1. The topological polar surface area (TPSA) is 70.5 Å². The summed E-state index contributed by atoms with van der Waals surface area (Å²) in [5.41, 5.74) is 7.53. The molecule has 0 saturated heterocycles. The van der Waals surface area contributed by atoms with Crippen LogP contribution < -0.4 is 15.2 Å². The number of halogens is 1. The van der Waals surface area contributed by atoms with E-state index >= 15 is 0 Å². The lowest BCUT2D eigenvalue weighted by Gasteiger charge is -2.13. The van der Waals surface area contributed by atoms with Gasteiger partial charge in [0.25, 0.3) is 0 Å². The molecular formula is C12H13ClN2O3. The highest BCUT2D eigenvalue weighted by atomic mass is 35.5. The predicted octanol–water partition coefficient (Wildman–Crippen LogP) is 2.90. The lowest BCUT2D eigenvalue weighted by Crippen LogP contribution is -1.95. The van der Waals surface area contributed by atoms with Crippen molar-refractivity contribution in [3.05, 3.63) is 22.7 Å². The lowest BCUT2D eigenvalue weighted by atomic mass is 10.1. The van der Waals surface area contributed by atoms with E-state index in [-0.39, 0.29) is 5.88 Å². The smallest absolute Gasteiger partial charge is 0.222 e. The Morgan fingerprint density at radius 2 is 2.00 bits per heavy atom. The summed E-state index contributed by atoms with van der Waals surface area (Å²) in [7, 11) is 3.12. The molecule has 0 aliphatic heterocycles. The van der Waals surface area contributed by atoms with Crippen LogP contribution in [0.4, 0.5) is 5.88 Å². The number of aromatic nitrogens is 1. The standard InChI is InChI=1S/C12H13ClN2O3/c1-6-9(16-2)4-7(12(17-3)11(6)13)8-5-10(14)18-15-8/h4-5H,14H2,1-3H3. The molecule has 2 N–H and O–H groups in total. The van der Waals surface area contributed by atoms with Crippen molar-refractivity contribution in [3.63, 3.8) is 0 Å². The van der Waals surface area contributed by atoms with Gasteiger partial charge in [-0.25, -0.2) is 0 Å². The Bertz CT molecular complexity index is 581. The molecule has 96 valence electrons. The van der Waals surface area contributed by atoms with E-state index in [0.717, 1.165) is 5.56 Å². The number of nitrogens with two attached hydrogens (primary N) is 1. The van der Waals surface area contributed by atoms with Gasteiger partial charge in [-0.2, -0.15) is 0 Å². The molecule has 0 radical (unpaired) electrons. The fraction of sp³-hybridized carbons (Fsp3) is 0.250. The molecule has 0 atom stereocenters. The van der Waals surface area contributed by atoms with Crippen molar-refractivity contribution in [2.75, 3.05) is 20.0 Å². The molecule has 2 aromatic rings. The molecular weight excluding hydrogens is 256 g/mol. The summed E-state index contributed by atoms with van der Waals surface area (Å²) in [5.74, 6) is 1.39. The third-order valence-electron chi connectivity index (χ3n) is 2.65. The maximum absolute atomic E-state index is 6.24. The largest absolute Gasteiger partial charge is 0.496 e. The second kappa shape index (κ2) is 4.78. The van der Waals surface area contributed by atoms with Crippen LogP contribution in [0.5, 0.6) is 11.5 Å². The number of benzene rings is 1. The number of ether oxygens (including phenoxy) is 2. The van der Waals surface area contributed by atoms with Gasteiger partial charge in [0.2, 0.25) is 5.88 Å². The van der Waals surface area contributed by atoms with Gasteiger partial charge in [-0.3, -0.25) is 0 Å². The van der Waals surface area contributed by atoms with Gasteiger partial charge in [0.1, 0.15) is 17.2 Å². The van der Waals surface area contributed by atoms with E-state index in [1.807, 2.05) is 6.92 Å². The van der Waals surface area contributed by atoms with Gasteiger partial charge in [-0.1, -0.05) is 16.8 Å². The van der Waals surface area contributed by atoms with E-state index in [1.54, 1.807) is 26.4 Å². The van der Waals surface area contributed by atoms with Crippen LogP contribution >= 0.6 is 11.6 Å². The number of hydrogen-bond donors (Lipinski definition) is 1. The van der Waals surface area contributed by atoms with E-state index in [9.17, 15) is 0 Å². The van der Waals surface area contributed by atoms with E-state index < -0.39 is 0 Å². The summed E-state index contributed by atoms with van der Waals surface area (Å²) in [5, 5.41) is 4.33. The van der Waals surface area contributed by atoms with E-state index in [0.29, 0.717) is 27.8 Å². The van der Waals surface area contributed by atoms with Crippen molar-refractivity contribution < 1.29 is 14.0 Å². The number of nitrogen functional groups attached to an aromatic ring is 1. The first-order valence-corrected chi connectivity index (χ1v) is 5.60. The zero-order valence-electron chi connectivity index (χ0n) is 10.3. The predicted molar refractivity (Wildman–Crippen MR) is 69.2 cm³/mol. The SMILES string of the molecule is COc1cc(-c2cc(N)on2)c(OC)c(Cl)c1C. The van der Waals surface area contributed by atoms with Crippen molar-refractivity contribution in [3.8, 4) is 22.8 Å². The first-order valence-electron chi connectivity index (χ1n) is 5.22. The fourth-order valence-corrected chi connectivity index (χ4v) is 1.99. The third kappa shape index (κ3) is 1.97. The van der Waals surface area contributed by atoms with E-state index in [1.165, 1.54) is 0 Å². The van der Waals surface area contributed by atoms with Gasteiger partial charge < -0.3 is 19.7 Å². The minimum Gasteiger partial charge on any atom is -0.496 e. The van der Waals surface area contributed by atoms with Crippen LogP contribution in [-0.2, 0) is 0 Å². The maximum atomic E-state index is 6.24. The minimum absolute atomic E-state index is 0.225. The summed E-state index contributed by atoms with van der Waals surface area (Å²) in [6, 6.07) is 3.39. The van der Waals surface area contributed by atoms with Crippen LogP contribution in [-0.4, -0.2) is 19.4 Å². The van der Waals surface area contributed by atoms with Crippen LogP contribution in [0.3, 0.4) is 0 Å². The first kappa shape index (κ1) is 12.6. The third-order valence-corrected chi connectivity index (χ3v) is 3.10. The molecule has 0 bridgehead atoms. The van der Waals surface area contributed by atoms with Crippen LogP contribution in [0.15, 0.2) is 16.7 Å². The quantitative estimate of drug-likeness (QED) is 0.927. The molecule has 1 aromatic carbocycles. The number of anilines is 1. The zero-order chi connectivity index (χ0) is 13.3. The van der Waals surface area contributed by atoms with Crippen molar-refractivity contribution in [1.82, 2.24) is 5.16 Å². The Hall–Kier alpha value is -1.88. The second-order valence-corrected chi connectivity index (χ2v) is 4.09. The molecule has 1 heterocycles. The monoisotopic (exact) mass is 268 g/mol. The van der Waals surface area contributed by atoms with Crippen molar-refractivity contribution in [1.29, 1.82) is 0 Å². The Morgan fingerprint density at radius 1 is 1.28 bits per heavy atom. The molecule has 1 aromatic heterocycles. The fourth-order valence-electron chi connectivity index (χ4n) is 1.72. The minimum atomic E-state index is 0.225. The normalized spacial score (nSPS) is 10.4. The summed E-state index contributed by atoms with van der Waals surface area (Å²) < 4.78 is 15.4. The number of methoxy groups -OCH3 is 2. The molecule has 0 aliphatic rings. The molecule has 0 unspecified atom stereocenters.